The van der Waals surface area contributed by atoms with Gasteiger partial charge in [0, 0.05) is 38.1 Å². The minimum absolute atomic E-state index is 0.292. The van der Waals surface area contributed by atoms with Crippen LogP contribution in [0.15, 0.2) is 12.5 Å². The predicted octanol–water partition coefficient (Wildman–Crippen LogP) is 0.135. The standard InChI is InChI=1S/C11H17N3O2/c15-10-6-14(5-9-4-12-8-13-9)7-11(10)2-1-3-16-11/h4,8,10,15H,1-3,5-7H2,(H,12,13)/t10-,11-/m0/s1. The summed E-state index contributed by atoms with van der Waals surface area (Å²) >= 11 is 0. The summed E-state index contributed by atoms with van der Waals surface area (Å²) in [4.78, 5) is 9.30. The van der Waals surface area contributed by atoms with Crippen molar-refractivity contribution in [1.29, 1.82) is 0 Å². The van der Waals surface area contributed by atoms with Crippen LogP contribution < -0.4 is 0 Å². The van der Waals surface area contributed by atoms with Crippen molar-refractivity contribution in [1.82, 2.24) is 14.9 Å². The summed E-state index contributed by atoms with van der Waals surface area (Å²) in [7, 11) is 0. The van der Waals surface area contributed by atoms with Crippen molar-refractivity contribution in [2.45, 2.75) is 31.1 Å². The number of H-pyrrole nitrogens is 1. The van der Waals surface area contributed by atoms with Gasteiger partial charge in [0.2, 0.25) is 0 Å². The fourth-order valence-electron chi connectivity index (χ4n) is 2.80. The van der Waals surface area contributed by atoms with Gasteiger partial charge in [-0.15, -0.1) is 0 Å². The number of aromatic nitrogens is 2. The largest absolute Gasteiger partial charge is 0.389 e. The van der Waals surface area contributed by atoms with E-state index in [4.69, 9.17) is 4.74 Å². The highest BCUT2D eigenvalue weighted by molar-refractivity contribution is 5.04. The second-order valence-electron chi connectivity index (χ2n) is 4.78. The first kappa shape index (κ1) is 10.3. The fraction of sp³-hybridized carbons (Fsp3) is 0.727. The van der Waals surface area contributed by atoms with Crippen LogP contribution in [0.3, 0.4) is 0 Å². The van der Waals surface area contributed by atoms with Gasteiger partial charge in [-0.05, 0) is 12.8 Å². The maximum Gasteiger partial charge on any atom is 0.108 e. The van der Waals surface area contributed by atoms with Crippen LogP contribution in [-0.4, -0.2) is 51.4 Å². The van der Waals surface area contributed by atoms with Crippen LogP contribution in [-0.2, 0) is 11.3 Å². The van der Waals surface area contributed by atoms with Crippen LogP contribution in [0.4, 0.5) is 0 Å². The zero-order chi connectivity index (χ0) is 11.0. The van der Waals surface area contributed by atoms with E-state index in [2.05, 4.69) is 14.9 Å². The van der Waals surface area contributed by atoms with Gasteiger partial charge in [0.25, 0.3) is 0 Å². The number of imidazole rings is 1. The molecule has 0 radical (unpaired) electrons. The third-order valence-corrected chi connectivity index (χ3v) is 3.61. The summed E-state index contributed by atoms with van der Waals surface area (Å²) in [6, 6.07) is 0. The van der Waals surface area contributed by atoms with Crippen LogP contribution >= 0.6 is 0 Å². The average Bonchev–Trinajstić information content (AvgIpc) is 2.93. The number of hydrogen-bond donors (Lipinski definition) is 2. The Bertz CT molecular complexity index is 346. The molecule has 1 spiro atoms. The third-order valence-electron chi connectivity index (χ3n) is 3.61. The Morgan fingerprint density at radius 1 is 1.69 bits per heavy atom. The molecule has 1 aromatic heterocycles. The number of nitrogens with zero attached hydrogens (tertiary/aromatic N) is 2. The quantitative estimate of drug-likeness (QED) is 0.748. The Balaban J connectivity index is 1.67. The van der Waals surface area contributed by atoms with Crippen LogP contribution in [0.1, 0.15) is 18.5 Å². The van der Waals surface area contributed by atoms with Gasteiger partial charge in [0.05, 0.1) is 12.4 Å². The van der Waals surface area contributed by atoms with Crippen LogP contribution in [0.25, 0.3) is 0 Å². The average molecular weight is 223 g/mol. The number of β-amino-alcohol motifs (C(OH)–C–C–N with tert-alkyl or cyclic N) is 1. The Morgan fingerprint density at radius 3 is 3.31 bits per heavy atom. The number of rotatable bonds is 2. The molecular weight excluding hydrogens is 206 g/mol. The number of nitrogens with one attached hydrogen (secondary N) is 1. The molecule has 3 rings (SSSR count). The molecule has 16 heavy (non-hydrogen) atoms. The van der Waals surface area contributed by atoms with Crippen molar-refractivity contribution in [2.75, 3.05) is 19.7 Å². The van der Waals surface area contributed by atoms with Gasteiger partial charge < -0.3 is 14.8 Å². The smallest absolute Gasteiger partial charge is 0.108 e. The minimum atomic E-state index is -0.349. The van der Waals surface area contributed by atoms with Gasteiger partial charge in [0.15, 0.2) is 0 Å². The Morgan fingerprint density at radius 2 is 2.62 bits per heavy atom. The number of likely N-dealkylation sites (tertiary alicyclic amines) is 1. The summed E-state index contributed by atoms with van der Waals surface area (Å²) < 4.78 is 5.75. The van der Waals surface area contributed by atoms with E-state index in [-0.39, 0.29) is 11.7 Å². The lowest BCUT2D eigenvalue weighted by Gasteiger charge is -2.25. The molecule has 5 nitrogen and oxygen atoms in total. The molecule has 0 bridgehead atoms. The molecule has 2 aliphatic rings. The lowest BCUT2D eigenvalue weighted by Crippen LogP contribution is -2.40. The summed E-state index contributed by atoms with van der Waals surface area (Å²) in [6.07, 6.45) is 5.21. The van der Waals surface area contributed by atoms with Crippen molar-refractivity contribution < 1.29 is 9.84 Å². The highest BCUT2D eigenvalue weighted by Crippen LogP contribution is 2.35. The molecule has 5 heteroatoms. The van der Waals surface area contributed by atoms with E-state index < -0.39 is 0 Å². The molecule has 0 aromatic carbocycles. The number of aliphatic hydroxyl groups excluding tert-OH is 1. The molecule has 88 valence electrons. The van der Waals surface area contributed by atoms with Crippen LogP contribution in [0, 0.1) is 0 Å². The molecule has 2 atom stereocenters. The summed E-state index contributed by atoms with van der Waals surface area (Å²) in [5.41, 5.74) is 0.794. The molecule has 2 saturated heterocycles. The molecule has 0 unspecified atom stereocenters. The molecular formula is C11H17N3O2. The lowest BCUT2D eigenvalue weighted by atomic mass is 9.97. The van der Waals surface area contributed by atoms with Gasteiger partial charge in [-0.3, -0.25) is 4.90 Å². The van der Waals surface area contributed by atoms with Gasteiger partial charge in [-0.2, -0.15) is 0 Å². The highest BCUT2D eigenvalue weighted by atomic mass is 16.5. The molecule has 2 fully saturated rings. The summed E-state index contributed by atoms with van der Waals surface area (Å²) in [6.45, 7) is 3.11. The molecule has 3 heterocycles. The summed E-state index contributed by atoms with van der Waals surface area (Å²) in [5, 5.41) is 10.1. The normalized spacial score (nSPS) is 35.2. The molecule has 1 aromatic rings. The second-order valence-corrected chi connectivity index (χ2v) is 4.78. The highest BCUT2D eigenvalue weighted by Gasteiger charge is 2.48. The van der Waals surface area contributed by atoms with E-state index >= 15 is 0 Å². The minimum Gasteiger partial charge on any atom is -0.389 e. The molecule has 2 aliphatic heterocycles. The summed E-state index contributed by atoms with van der Waals surface area (Å²) in [5.74, 6) is 0. The number of aromatic amines is 1. The van der Waals surface area contributed by atoms with Gasteiger partial charge in [0.1, 0.15) is 5.60 Å². The number of ether oxygens (including phenoxy) is 1. The molecule has 0 saturated carbocycles. The van der Waals surface area contributed by atoms with E-state index in [1.54, 1.807) is 6.33 Å². The first-order chi connectivity index (χ1) is 7.78. The van der Waals surface area contributed by atoms with Gasteiger partial charge in [-0.25, -0.2) is 4.98 Å². The van der Waals surface area contributed by atoms with Gasteiger partial charge in [-0.1, -0.05) is 0 Å². The number of hydrogen-bond acceptors (Lipinski definition) is 4. The van der Waals surface area contributed by atoms with E-state index in [1.807, 2.05) is 6.20 Å². The SMILES string of the molecule is O[C@H]1CN(Cc2cnc[nH]2)C[C@@]12CCCO2. The predicted molar refractivity (Wildman–Crippen MR) is 57.8 cm³/mol. The molecule has 0 amide bonds. The zero-order valence-electron chi connectivity index (χ0n) is 9.22. The monoisotopic (exact) mass is 223 g/mol. The van der Waals surface area contributed by atoms with Crippen molar-refractivity contribution in [3.8, 4) is 0 Å². The first-order valence-corrected chi connectivity index (χ1v) is 5.80. The van der Waals surface area contributed by atoms with Crippen LogP contribution in [0.5, 0.6) is 0 Å². The maximum absolute atomic E-state index is 10.1. The van der Waals surface area contributed by atoms with E-state index in [1.165, 1.54) is 0 Å². The Labute approximate surface area is 94.4 Å². The molecule has 0 aliphatic carbocycles. The molecule has 2 N–H and O–H groups in total. The van der Waals surface area contributed by atoms with Crippen LogP contribution in [0.2, 0.25) is 0 Å². The number of aliphatic hydroxyl groups is 1. The van der Waals surface area contributed by atoms with Crippen molar-refractivity contribution >= 4 is 0 Å². The first-order valence-electron chi connectivity index (χ1n) is 5.80. The third kappa shape index (κ3) is 1.65. The van der Waals surface area contributed by atoms with Crippen molar-refractivity contribution in [2.24, 2.45) is 0 Å². The van der Waals surface area contributed by atoms with Gasteiger partial charge >= 0.3 is 0 Å². The van der Waals surface area contributed by atoms with Crippen molar-refractivity contribution in [3.63, 3.8) is 0 Å². The van der Waals surface area contributed by atoms with E-state index in [0.717, 1.165) is 38.2 Å². The fourth-order valence-corrected chi connectivity index (χ4v) is 2.80. The zero-order valence-corrected chi connectivity index (χ0v) is 9.22. The second kappa shape index (κ2) is 3.84. The Kier molecular flexibility index (Phi) is 2.46. The lowest BCUT2D eigenvalue weighted by molar-refractivity contribution is -0.0593. The van der Waals surface area contributed by atoms with E-state index in [9.17, 15) is 5.11 Å². The maximum atomic E-state index is 10.1. The Hall–Kier alpha value is -0.910. The topological polar surface area (TPSA) is 61.4 Å². The van der Waals surface area contributed by atoms with E-state index in [0.29, 0.717) is 6.54 Å². The van der Waals surface area contributed by atoms with Crippen molar-refractivity contribution in [3.05, 3.63) is 18.2 Å².